The van der Waals surface area contributed by atoms with Gasteiger partial charge in [-0.3, -0.25) is 4.99 Å². The molecule has 1 fully saturated rings. The van der Waals surface area contributed by atoms with Crippen molar-refractivity contribution in [1.29, 1.82) is 0 Å². The minimum Gasteiger partial charge on any atom is -0.496 e. The molecule has 0 N–H and O–H groups in total. The number of halogens is 1. The molecule has 0 radical (unpaired) electrons. The summed E-state index contributed by atoms with van der Waals surface area (Å²) >= 11 is 6.17. The molecule has 1 saturated heterocycles. The predicted octanol–water partition coefficient (Wildman–Crippen LogP) is 5.02. The van der Waals surface area contributed by atoms with Gasteiger partial charge in [0.1, 0.15) is 11.5 Å². The van der Waals surface area contributed by atoms with Gasteiger partial charge in [-0.15, -0.1) is 0 Å². The molecule has 2 aromatic rings. The molecular weight excluding hydrogens is 336 g/mol. The Balaban J connectivity index is 1.97. The topological polar surface area (TPSA) is 34.1 Å². The molecule has 4 nitrogen and oxygen atoms in total. The predicted molar refractivity (Wildman–Crippen MR) is 104 cm³/mol. The van der Waals surface area contributed by atoms with E-state index in [1.807, 2.05) is 37.3 Å². The first kappa shape index (κ1) is 17.6. The van der Waals surface area contributed by atoms with E-state index in [4.69, 9.17) is 21.1 Å². The van der Waals surface area contributed by atoms with E-state index >= 15 is 0 Å². The van der Waals surface area contributed by atoms with Crippen LogP contribution in [-0.2, 0) is 0 Å². The number of hydrogen-bond acceptors (Lipinski definition) is 4. The van der Waals surface area contributed by atoms with Gasteiger partial charge < -0.3 is 14.4 Å². The number of benzene rings is 2. The lowest BCUT2D eigenvalue weighted by molar-refractivity contribution is 0.402. The van der Waals surface area contributed by atoms with Gasteiger partial charge in [0.2, 0.25) is 0 Å². The Morgan fingerprint density at radius 1 is 1.08 bits per heavy atom. The molecule has 0 unspecified atom stereocenters. The summed E-state index contributed by atoms with van der Waals surface area (Å²) in [6.45, 7) is 4.06. The highest BCUT2D eigenvalue weighted by molar-refractivity contribution is 6.31. The third-order valence-corrected chi connectivity index (χ3v) is 4.97. The molecule has 1 aliphatic rings. The summed E-state index contributed by atoms with van der Waals surface area (Å²) in [6.07, 6.45) is 4.22. The Morgan fingerprint density at radius 2 is 1.80 bits per heavy atom. The lowest BCUT2D eigenvalue weighted by Crippen LogP contribution is -2.18. The number of anilines is 1. The SMILES string of the molecule is COc1cc(N2CCCC2)c(OC)cc1C=Nc1cccc(Cl)c1C. The van der Waals surface area contributed by atoms with Crippen LogP contribution in [0, 0.1) is 6.92 Å². The quantitative estimate of drug-likeness (QED) is 0.704. The third-order valence-electron chi connectivity index (χ3n) is 4.56. The van der Waals surface area contributed by atoms with Crippen LogP contribution >= 0.6 is 11.6 Å². The number of aliphatic imine (C=N–C) groups is 1. The minimum atomic E-state index is 0.712. The highest BCUT2D eigenvalue weighted by atomic mass is 35.5. The maximum Gasteiger partial charge on any atom is 0.143 e. The van der Waals surface area contributed by atoms with E-state index in [0.29, 0.717) is 5.02 Å². The van der Waals surface area contributed by atoms with Gasteiger partial charge >= 0.3 is 0 Å². The zero-order valence-electron chi connectivity index (χ0n) is 14.9. The zero-order valence-corrected chi connectivity index (χ0v) is 15.6. The van der Waals surface area contributed by atoms with Crippen molar-refractivity contribution in [2.45, 2.75) is 19.8 Å². The van der Waals surface area contributed by atoms with Crippen molar-refractivity contribution in [3.8, 4) is 11.5 Å². The molecule has 0 aliphatic carbocycles. The number of methoxy groups -OCH3 is 2. The summed E-state index contributed by atoms with van der Waals surface area (Å²) in [5, 5.41) is 0.712. The molecule has 5 heteroatoms. The molecule has 1 heterocycles. The van der Waals surface area contributed by atoms with Crippen LogP contribution in [0.5, 0.6) is 11.5 Å². The molecule has 0 aromatic heterocycles. The third kappa shape index (κ3) is 3.74. The van der Waals surface area contributed by atoms with E-state index < -0.39 is 0 Å². The Hall–Kier alpha value is -2.20. The molecule has 0 saturated carbocycles. The molecule has 0 spiro atoms. The molecule has 0 bridgehead atoms. The number of rotatable bonds is 5. The molecular formula is C20H23ClN2O2. The van der Waals surface area contributed by atoms with Gasteiger partial charge in [0, 0.05) is 36.0 Å². The highest BCUT2D eigenvalue weighted by Crippen LogP contribution is 2.37. The van der Waals surface area contributed by atoms with E-state index in [2.05, 4.69) is 9.89 Å². The Morgan fingerprint density at radius 3 is 2.48 bits per heavy atom. The fourth-order valence-electron chi connectivity index (χ4n) is 3.09. The van der Waals surface area contributed by atoms with Crippen molar-refractivity contribution in [2.24, 2.45) is 4.99 Å². The Bertz CT molecular complexity index is 784. The number of nitrogens with zero attached hydrogens (tertiary/aromatic N) is 2. The second-order valence-electron chi connectivity index (χ2n) is 6.10. The summed E-state index contributed by atoms with van der Waals surface area (Å²) in [5.41, 5.74) is 3.76. The van der Waals surface area contributed by atoms with Crippen LogP contribution in [0.2, 0.25) is 5.02 Å². The van der Waals surface area contributed by atoms with E-state index in [-0.39, 0.29) is 0 Å². The molecule has 25 heavy (non-hydrogen) atoms. The van der Waals surface area contributed by atoms with Gasteiger partial charge in [0.25, 0.3) is 0 Å². The van der Waals surface area contributed by atoms with Crippen molar-refractivity contribution in [3.63, 3.8) is 0 Å². The Labute approximate surface area is 154 Å². The minimum absolute atomic E-state index is 0.712. The lowest BCUT2D eigenvalue weighted by atomic mass is 10.1. The van der Waals surface area contributed by atoms with Crippen LogP contribution in [0.15, 0.2) is 35.3 Å². The van der Waals surface area contributed by atoms with Crippen LogP contribution < -0.4 is 14.4 Å². The standard InChI is InChI=1S/C20H23ClN2O2/c1-14-16(21)7-6-8-17(14)22-13-15-11-20(25-3)18(12-19(15)24-2)23-9-4-5-10-23/h6-8,11-13H,4-5,9-10H2,1-3H3. The lowest BCUT2D eigenvalue weighted by Gasteiger charge is -2.22. The summed E-state index contributed by atoms with van der Waals surface area (Å²) in [4.78, 5) is 6.93. The second kappa shape index (κ2) is 7.79. The van der Waals surface area contributed by atoms with Crippen molar-refractivity contribution < 1.29 is 9.47 Å². The first-order valence-corrected chi connectivity index (χ1v) is 8.82. The summed E-state index contributed by atoms with van der Waals surface area (Å²) in [6, 6.07) is 9.73. The number of ether oxygens (including phenoxy) is 2. The molecule has 132 valence electrons. The monoisotopic (exact) mass is 358 g/mol. The molecule has 0 amide bonds. The molecule has 1 aliphatic heterocycles. The van der Waals surface area contributed by atoms with Crippen LogP contribution in [0.25, 0.3) is 0 Å². The maximum atomic E-state index is 6.17. The van der Waals surface area contributed by atoms with Crippen LogP contribution in [0.4, 0.5) is 11.4 Å². The van der Waals surface area contributed by atoms with Crippen LogP contribution in [0.3, 0.4) is 0 Å². The number of hydrogen-bond donors (Lipinski definition) is 0. The fourth-order valence-corrected chi connectivity index (χ4v) is 3.26. The van der Waals surface area contributed by atoms with Crippen LogP contribution in [-0.4, -0.2) is 33.5 Å². The van der Waals surface area contributed by atoms with Crippen LogP contribution in [0.1, 0.15) is 24.0 Å². The first-order valence-electron chi connectivity index (χ1n) is 8.44. The van der Waals surface area contributed by atoms with Crippen molar-refractivity contribution in [3.05, 3.63) is 46.5 Å². The summed E-state index contributed by atoms with van der Waals surface area (Å²) in [5.74, 6) is 1.62. The van der Waals surface area contributed by atoms with E-state index in [1.165, 1.54) is 12.8 Å². The average molecular weight is 359 g/mol. The Kier molecular flexibility index (Phi) is 5.49. The smallest absolute Gasteiger partial charge is 0.143 e. The van der Waals surface area contributed by atoms with E-state index in [9.17, 15) is 0 Å². The van der Waals surface area contributed by atoms with E-state index in [0.717, 1.165) is 47.1 Å². The van der Waals surface area contributed by atoms with Gasteiger partial charge in [-0.1, -0.05) is 17.7 Å². The maximum absolute atomic E-state index is 6.17. The molecule has 2 aromatic carbocycles. The van der Waals surface area contributed by atoms with E-state index in [1.54, 1.807) is 20.4 Å². The fraction of sp³-hybridized carbons (Fsp3) is 0.350. The first-order chi connectivity index (χ1) is 12.1. The zero-order chi connectivity index (χ0) is 17.8. The van der Waals surface area contributed by atoms with Gasteiger partial charge in [-0.2, -0.15) is 0 Å². The van der Waals surface area contributed by atoms with Gasteiger partial charge in [0.15, 0.2) is 0 Å². The normalized spacial score (nSPS) is 14.3. The largest absolute Gasteiger partial charge is 0.496 e. The highest BCUT2D eigenvalue weighted by Gasteiger charge is 2.19. The van der Waals surface area contributed by atoms with Gasteiger partial charge in [0.05, 0.1) is 25.6 Å². The van der Waals surface area contributed by atoms with Crippen molar-refractivity contribution in [1.82, 2.24) is 0 Å². The van der Waals surface area contributed by atoms with Gasteiger partial charge in [-0.05, 0) is 43.5 Å². The second-order valence-corrected chi connectivity index (χ2v) is 6.51. The van der Waals surface area contributed by atoms with Gasteiger partial charge in [-0.25, -0.2) is 0 Å². The molecule has 0 atom stereocenters. The molecule has 3 rings (SSSR count). The summed E-state index contributed by atoms with van der Waals surface area (Å²) < 4.78 is 11.2. The average Bonchev–Trinajstić information content (AvgIpc) is 3.16. The summed E-state index contributed by atoms with van der Waals surface area (Å²) in [7, 11) is 3.38. The van der Waals surface area contributed by atoms with Crippen molar-refractivity contribution >= 4 is 29.2 Å². The van der Waals surface area contributed by atoms with Crippen molar-refractivity contribution in [2.75, 3.05) is 32.2 Å².